The van der Waals surface area contributed by atoms with Gasteiger partial charge >= 0.3 is 0 Å². The van der Waals surface area contributed by atoms with Crippen LogP contribution in [-0.4, -0.2) is 19.3 Å². The van der Waals surface area contributed by atoms with Crippen molar-refractivity contribution in [1.82, 2.24) is 0 Å². The Morgan fingerprint density at radius 2 is 1.72 bits per heavy atom. The van der Waals surface area contributed by atoms with Gasteiger partial charge in [-0.2, -0.15) is 0 Å². The van der Waals surface area contributed by atoms with Crippen molar-refractivity contribution >= 4 is 0 Å². The highest BCUT2D eigenvalue weighted by atomic mass is 16.5. The molecule has 0 fully saturated rings. The first kappa shape index (κ1) is 14.8. The van der Waals surface area contributed by atoms with E-state index < -0.39 is 6.10 Å². The lowest BCUT2D eigenvalue weighted by molar-refractivity contribution is 0.162. The van der Waals surface area contributed by atoms with Crippen LogP contribution in [0.5, 0.6) is 11.5 Å². The van der Waals surface area contributed by atoms with Gasteiger partial charge in [-0.3, -0.25) is 0 Å². The summed E-state index contributed by atoms with van der Waals surface area (Å²) in [4.78, 5) is 0. The SMILES string of the molecule is CCCCCC(O)c1cc(OC)c(OC)cc1C. The predicted molar refractivity (Wildman–Crippen MR) is 73.4 cm³/mol. The molecule has 1 atom stereocenters. The molecule has 102 valence electrons. The lowest BCUT2D eigenvalue weighted by Crippen LogP contribution is -2.02. The highest BCUT2D eigenvalue weighted by Gasteiger charge is 2.14. The van der Waals surface area contributed by atoms with Gasteiger partial charge in [0.05, 0.1) is 20.3 Å². The molecule has 1 aromatic carbocycles. The fourth-order valence-corrected chi connectivity index (χ4v) is 2.10. The number of hydrogen-bond donors (Lipinski definition) is 1. The van der Waals surface area contributed by atoms with Crippen LogP contribution < -0.4 is 9.47 Å². The molecule has 0 heterocycles. The average molecular weight is 252 g/mol. The monoisotopic (exact) mass is 252 g/mol. The number of aryl methyl sites for hydroxylation is 1. The molecule has 0 radical (unpaired) electrons. The highest BCUT2D eigenvalue weighted by molar-refractivity contribution is 5.47. The number of aliphatic hydroxyl groups excluding tert-OH is 1. The number of unbranched alkanes of at least 4 members (excludes halogenated alkanes) is 2. The van der Waals surface area contributed by atoms with Crippen molar-refractivity contribution < 1.29 is 14.6 Å². The van der Waals surface area contributed by atoms with Crippen LogP contribution >= 0.6 is 0 Å². The minimum atomic E-state index is -0.420. The Hall–Kier alpha value is -1.22. The fourth-order valence-electron chi connectivity index (χ4n) is 2.10. The van der Waals surface area contributed by atoms with Crippen LogP contribution in [0.3, 0.4) is 0 Å². The van der Waals surface area contributed by atoms with Crippen LogP contribution in [0.15, 0.2) is 12.1 Å². The Labute approximate surface area is 110 Å². The maximum absolute atomic E-state index is 10.2. The van der Waals surface area contributed by atoms with E-state index in [0.717, 1.165) is 36.8 Å². The first-order valence-electron chi connectivity index (χ1n) is 6.54. The van der Waals surface area contributed by atoms with E-state index in [-0.39, 0.29) is 0 Å². The molecular weight excluding hydrogens is 228 g/mol. The maximum Gasteiger partial charge on any atom is 0.161 e. The fraction of sp³-hybridized carbons (Fsp3) is 0.600. The smallest absolute Gasteiger partial charge is 0.161 e. The Kier molecular flexibility index (Phi) is 5.99. The van der Waals surface area contributed by atoms with Gasteiger partial charge in [-0.15, -0.1) is 0 Å². The second-order valence-electron chi connectivity index (χ2n) is 4.58. The van der Waals surface area contributed by atoms with Crippen molar-refractivity contribution in [3.05, 3.63) is 23.3 Å². The van der Waals surface area contributed by atoms with Crippen molar-refractivity contribution in [2.75, 3.05) is 14.2 Å². The lowest BCUT2D eigenvalue weighted by Gasteiger charge is -2.17. The summed E-state index contributed by atoms with van der Waals surface area (Å²) in [5.41, 5.74) is 1.97. The lowest BCUT2D eigenvalue weighted by atomic mass is 9.98. The molecule has 1 unspecified atom stereocenters. The van der Waals surface area contributed by atoms with E-state index in [0.29, 0.717) is 11.5 Å². The molecule has 0 aliphatic rings. The Bertz CT molecular complexity index is 374. The normalized spacial score (nSPS) is 12.3. The van der Waals surface area contributed by atoms with Crippen LogP contribution in [-0.2, 0) is 0 Å². The molecule has 3 nitrogen and oxygen atoms in total. The van der Waals surface area contributed by atoms with E-state index in [2.05, 4.69) is 6.92 Å². The predicted octanol–water partition coefficient (Wildman–Crippen LogP) is 3.63. The Balaban J connectivity index is 2.87. The molecule has 0 aromatic heterocycles. The van der Waals surface area contributed by atoms with Crippen molar-refractivity contribution in [3.8, 4) is 11.5 Å². The molecule has 0 bridgehead atoms. The van der Waals surface area contributed by atoms with Crippen LogP contribution in [0.25, 0.3) is 0 Å². The van der Waals surface area contributed by atoms with Crippen molar-refractivity contribution in [1.29, 1.82) is 0 Å². The zero-order chi connectivity index (χ0) is 13.5. The number of benzene rings is 1. The summed E-state index contributed by atoms with van der Waals surface area (Å²) in [5.74, 6) is 1.38. The molecule has 0 saturated carbocycles. The molecular formula is C15H24O3. The van der Waals surface area contributed by atoms with Crippen LogP contribution in [0.4, 0.5) is 0 Å². The van der Waals surface area contributed by atoms with E-state index in [1.807, 2.05) is 19.1 Å². The minimum absolute atomic E-state index is 0.420. The van der Waals surface area contributed by atoms with Gasteiger partial charge in [-0.1, -0.05) is 26.2 Å². The molecule has 0 aliphatic carbocycles. The third-order valence-corrected chi connectivity index (χ3v) is 3.21. The van der Waals surface area contributed by atoms with Crippen LogP contribution in [0.2, 0.25) is 0 Å². The third kappa shape index (κ3) is 3.64. The summed E-state index contributed by atoms with van der Waals surface area (Å²) in [6, 6.07) is 3.79. The zero-order valence-electron chi connectivity index (χ0n) is 11.8. The van der Waals surface area contributed by atoms with E-state index in [1.54, 1.807) is 14.2 Å². The van der Waals surface area contributed by atoms with Gasteiger partial charge < -0.3 is 14.6 Å². The zero-order valence-corrected chi connectivity index (χ0v) is 11.8. The van der Waals surface area contributed by atoms with E-state index >= 15 is 0 Å². The van der Waals surface area contributed by atoms with Gasteiger partial charge in [0.25, 0.3) is 0 Å². The van der Waals surface area contributed by atoms with Gasteiger partial charge in [0.2, 0.25) is 0 Å². The first-order chi connectivity index (χ1) is 8.63. The topological polar surface area (TPSA) is 38.7 Å². The van der Waals surface area contributed by atoms with Gasteiger partial charge in [0.15, 0.2) is 11.5 Å². The molecule has 1 rings (SSSR count). The standard InChI is InChI=1S/C15H24O3/c1-5-6-7-8-13(16)12-10-15(18-4)14(17-3)9-11(12)2/h9-10,13,16H,5-8H2,1-4H3. The second kappa shape index (κ2) is 7.27. The van der Waals surface area contributed by atoms with Crippen molar-refractivity contribution in [3.63, 3.8) is 0 Å². The maximum atomic E-state index is 10.2. The summed E-state index contributed by atoms with van der Waals surface area (Å²) >= 11 is 0. The summed E-state index contributed by atoms with van der Waals surface area (Å²) in [6.07, 6.45) is 3.74. The summed E-state index contributed by atoms with van der Waals surface area (Å²) in [5, 5.41) is 10.2. The number of rotatable bonds is 7. The number of ether oxygens (including phenoxy) is 2. The number of aliphatic hydroxyl groups is 1. The summed E-state index contributed by atoms with van der Waals surface area (Å²) in [7, 11) is 3.23. The summed E-state index contributed by atoms with van der Waals surface area (Å²) < 4.78 is 10.5. The number of hydrogen-bond acceptors (Lipinski definition) is 3. The molecule has 18 heavy (non-hydrogen) atoms. The van der Waals surface area contributed by atoms with Crippen molar-refractivity contribution in [2.24, 2.45) is 0 Å². The average Bonchev–Trinajstić information content (AvgIpc) is 2.38. The molecule has 1 aromatic rings. The second-order valence-corrected chi connectivity index (χ2v) is 4.58. The quantitative estimate of drug-likeness (QED) is 0.753. The number of methoxy groups -OCH3 is 2. The van der Waals surface area contributed by atoms with E-state index in [4.69, 9.17) is 9.47 Å². The molecule has 0 aliphatic heterocycles. The van der Waals surface area contributed by atoms with E-state index in [1.165, 1.54) is 0 Å². The summed E-state index contributed by atoms with van der Waals surface area (Å²) in [6.45, 7) is 4.15. The van der Waals surface area contributed by atoms with E-state index in [9.17, 15) is 5.11 Å². The van der Waals surface area contributed by atoms with Gasteiger partial charge in [0, 0.05) is 0 Å². The van der Waals surface area contributed by atoms with Crippen LogP contribution in [0, 0.1) is 6.92 Å². The highest BCUT2D eigenvalue weighted by Crippen LogP contribution is 2.34. The van der Waals surface area contributed by atoms with Crippen molar-refractivity contribution in [2.45, 2.75) is 45.6 Å². The van der Waals surface area contributed by atoms with Gasteiger partial charge in [-0.25, -0.2) is 0 Å². The molecule has 0 saturated heterocycles. The molecule has 1 N–H and O–H groups in total. The largest absolute Gasteiger partial charge is 0.493 e. The molecule has 3 heteroatoms. The molecule has 0 amide bonds. The van der Waals surface area contributed by atoms with Gasteiger partial charge in [0.1, 0.15) is 0 Å². The first-order valence-corrected chi connectivity index (χ1v) is 6.54. The third-order valence-electron chi connectivity index (χ3n) is 3.21. The Morgan fingerprint density at radius 1 is 1.11 bits per heavy atom. The molecule has 0 spiro atoms. The van der Waals surface area contributed by atoms with Crippen LogP contribution in [0.1, 0.15) is 49.8 Å². The Morgan fingerprint density at radius 3 is 2.28 bits per heavy atom. The van der Waals surface area contributed by atoms with Gasteiger partial charge in [-0.05, 0) is 36.6 Å². The minimum Gasteiger partial charge on any atom is -0.493 e.